The number of amides is 2. The molecule has 204 valence electrons. The molecule has 0 saturated heterocycles. The van der Waals surface area contributed by atoms with Gasteiger partial charge in [-0.05, 0) is 30.4 Å². The van der Waals surface area contributed by atoms with E-state index in [0.717, 1.165) is 35.4 Å². The maximum absolute atomic E-state index is 12.4. The first-order valence-corrected chi connectivity index (χ1v) is 13.8. The maximum atomic E-state index is 12.4. The van der Waals surface area contributed by atoms with Crippen molar-refractivity contribution in [1.29, 1.82) is 0 Å². The number of hydrogen-bond donors (Lipinski definition) is 3. The van der Waals surface area contributed by atoms with Crippen LogP contribution in [-0.4, -0.2) is 61.8 Å². The second kappa shape index (κ2) is 12.4. The number of rotatable bonds is 9. The van der Waals surface area contributed by atoms with Crippen LogP contribution >= 0.6 is 23.3 Å². The minimum Gasteiger partial charge on any atom is -0.481 e. The Hall–Kier alpha value is -3.82. The third-order valence-electron chi connectivity index (χ3n) is 6.20. The van der Waals surface area contributed by atoms with Gasteiger partial charge in [0.25, 0.3) is 0 Å². The molecule has 5 rings (SSSR count). The molecule has 1 saturated carbocycles. The number of methoxy groups -OCH3 is 2. The number of hydrazone groups is 1. The van der Waals surface area contributed by atoms with Crippen LogP contribution in [0.2, 0.25) is 0 Å². The molecule has 1 unspecified atom stereocenters. The predicted octanol–water partition coefficient (Wildman–Crippen LogP) is 2.26. The first-order chi connectivity index (χ1) is 19.0. The fraction of sp³-hybridized carbons (Fsp3) is 0.375. The van der Waals surface area contributed by atoms with Crippen molar-refractivity contribution in [2.24, 2.45) is 5.10 Å². The molecule has 15 heteroatoms. The highest BCUT2D eigenvalue weighted by Gasteiger charge is 2.35. The SMILES string of the molecule is COc1ccc(CC(=O)NC2=NNN([C@H]3CCC(c4nnc(NC(=O)Cc5ccc(OC)nc5)s4)C3)S2)cn1. The minimum absolute atomic E-state index is 0.173. The average molecular weight is 570 g/mol. The Morgan fingerprint density at radius 1 is 0.974 bits per heavy atom. The van der Waals surface area contributed by atoms with Gasteiger partial charge in [-0.1, -0.05) is 23.5 Å². The second-order valence-corrected chi connectivity index (χ2v) is 10.9. The highest BCUT2D eigenvalue weighted by atomic mass is 32.2. The number of carbonyl (C=O) groups is 2. The molecule has 39 heavy (non-hydrogen) atoms. The lowest BCUT2D eigenvalue weighted by Gasteiger charge is -2.20. The lowest BCUT2D eigenvalue weighted by molar-refractivity contribution is -0.119. The molecule has 0 radical (unpaired) electrons. The summed E-state index contributed by atoms with van der Waals surface area (Å²) in [6.45, 7) is 0. The summed E-state index contributed by atoms with van der Waals surface area (Å²) in [5, 5.41) is 20.3. The van der Waals surface area contributed by atoms with Crippen LogP contribution in [-0.2, 0) is 22.4 Å². The molecular weight excluding hydrogens is 542 g/mol. The van der Waals surface area contributed by atoms with E-state index in [0.29, 0.717) is 22.1 Å². The van der Waals surface area contributed by atoms with Gasteiger partial charge in [0.1, 0.15) is 5.01 Å². The number of pyridine rings is 2. The van der Waals surface area contributed by atoms with Gasteiger partial charge in [0.05, 0.1) is 27.1 Å². The monoisotopic (exact) mass is 569 g/mol. The fourth-order valence-corrected chi connectivity index (χ4v) is 6.01. The molecule has 2 aliphatic rings. The molecule has 3 N–H and O–H groups in total. The van der Waals surface area contributed by atoms with Gasteiger partial charge in [-0.15, -0.1) is 19.7 Å². The van der Waals surface area contributed by atoms with Crippen LogP contribution in [0.25, 0.3) is 0 Å². The van der Waals surface area contributed by atoms with E-state index < -0.39 is 0 Å². The summed E-state index contributed by atoms with van der Waals surface area (Å²) in [5.41, 5.74) is 4.57. The number of hydrazine groups is 1. The zero-order valence-corrected chi connectivity index (χ0v) is 22.9. The van der Waals surface area contributed by atoms with Crippen molar-refractivity contribution in [3.63, 3.8) is 0 Å². The van der Waals surface area contributed by atoms with Crippen LogP contribution in [0.3, 0.4) is 0 Å². The summed E-state index contributed by atoms with van der Waals surface area (Å²) in [5.74, 6) is 0.879. The van der Waals surface area contributed by atoms with Crippen molar-refractivity contribution in [1.82, 2.24) is 35.4 Å². The van der Waals surface area contributed by atoms with Crippen molar-refractivity contribution in [3.05, 3.63) is 52.8 Å². The van der Waals surface area contributed by atoms with Gasteiger partial charge in [-0.25, -0.2) is 15.5 Å². The number of amidine groups is 1. The molecule has 0 spiro atoms. The normalized spacial score (nSPS) is 18.8. The largest absolute Gasteiger partial charge is 0.481 e. The Morgan fingerprint density at radius 3 is 2.26 bits per heavy atom. The van der Waals surface area contributed by atoms with Gasteiger partial charge in [-0.3, -0.25) is 9.59 Å². The number of hydrogen-bond acceptors (Lipinski definition) is 13. The van der Waals surface area contributed by atoms with Gasteiger partial charge in [-0.2, -0.15) is 0 Å². The smallest absolute Gasteiger partial charge is 0.230 e. The summed E-state index contributed by atoms with van der Waals surface area (Å²) in [4.78, 5) is 33.1. The number of aromatic nitrogens is 4. The van der Waals surface area contributed by atoms with E-state index >= 15 is 0 Å². The average Bonchev–Trinajstić information content (AvgIpc) is 3.71. The predicted molar refractivity (Wildman–Crippen MR) is 146 cm³/mol. The molecule has 13 nitrogen and oxygen atoms in total. The van der Waals surface area contributed by atoms with Crippen molar-refractivity contribution in [3.8, 4) is 11.8 Å². The van der Waals surface area contributed by atoms with E-state index in [1.807, 2.05) is 4.41 Å². The first-order valence-electron chi connectivity index (χ1n) is 12.2. The quantitative estimate of drug-likeness (QED) is 0.325. The molecule has 0 aromatic carbocycles. The van der Waals surface area contributed by atoms with Gasteiger partial charge < -0.3 is 20.1 Å². The van der Waals surface area contributed by atoms with E-state index in [4.69, 9.17) is 9.47 Å². The van der Waals surface area contributed by atoms with Crippen molar-refractivity contribution >= 4 is 45.4 Å². The highest BCUT2D eigenvalue weighted by molar-refractivity contribution is 8.12. The third kappa shape index (κ3) is 6.99. The van der Waals surface area contributed by atoms with Gasteiger partial charge in [0.2, 0.25) is 33.9 Å². The first kappa shape index (κ1) is 26.8. The maximum Gasteiger partial charge on any atom is 0.230 e. The number of carbonyl (C=O) groups excluding carboxylic acids is 2. The van der Waals surface area contributed by atoms with Gasteiger partial charge in [0, 0.05) is 48.4 Å². The molecule has 2 amide bonds. The van der Waals surface area contributed by atoms with Crippen LogP contribution in [0.5, 0.6) is 11.8 Å². The molecule has 3 aromatic heterocycles. The van der Waals surface area contributed by atoms with E-state index in [1.165, 1.54) is 23.3 Å². The van der Waals surface area contributed by atoms with E-state index in [1.54, 1.807) is 50.9 Å². The summed E-state index contributed by atoms with van der Waals surface area (Å²) >= 11 is 2.77. The van der Waals surface area contributed by atoms with Crippen LogP contribution in [0.15, 0.2) is 41.8 Å². The van der Waals surface area contributed by atoms with Crippen LogP contribution in [0.4, 0.5) is 5.13 Å². The number of ether oxygens (including phenoxy) is 2. The Morgan fingerprint density at radius 2 is 1.64 bits per heavy atom. The molecular formula is C24H27N9O4S2. The van der Waals surface area contributed by atoms with Gasteiger partial charge in [0.15, 0.2) is 0 Å². The minimum atomic E-state index is -0.179. The van der Waals surface area contributed by atoms with E-state index in [-0.39, 0.29) is 36.6 Å². The standard InChI is InChI=1S/C24H27N9O4S2/c1-36-20-7-3-14(12-25-20)9-18(34)27-23-30-29-22(38-23)16-5-6-17(11-16)33-32-31-24(39-33)28-19(35)10-15-4-8-21(37-2)26-13-15/h3-4,7-8,12-13,16-17,32H,5-6,9-11H2,1-2H3,(H,27,30,34)(H,28,31,35)/t16?,17-/m0/s1. The molecule has 1 aliphatic carbocycles. The summed E-state index contributed by atoms with van der Waals surface area (Å²) in [7, 11) is 3.09. The number of nitrogens with zero attached hydrogens (tertiary/aromatic N) is 6. The third-order valence-corrected chi connectivity index (χ3v) is 8.14. The molecule has 3 aromatic rings. The van der Waals surface area contributed by atoms with E-state index in [9.17, 15) is 9.59 Å². The van der Waals surface area contributed by atoms with Crippen molar-refractivity contribution in [2.45, 2.75) is 44.1 Å². The van der Waals surface area contributed by atoms with Crippen LogP contribution in [0.1, 0.15) is 41.3 Å². The molecule has 2 atom stereocenters. The zero-order chi connectivity index (χ0) is 27.2. The highest BCUT2D eigenvalue weighted by Crippen LogP contribution is 2.40. The fourth-order valence-electron chi connectivity index (χ4n) is 4.25. The van der Waals surface area contributed by atoms with Crippen LogP contribution in [0, 0.1) is 0 Å². The van der Waals surface area contributed by atoms with Crippen molar-refractivity contribution in [2.75, 3.05) is 19.5 Å². The van der Waals surface area contributed by atoms with Crippen molar-refractivity contribution < 1.29 is 19.1 Å². The van der Waals surface area contributed by atoms with Crippen LogP contribution < -0.4 is 25.6 Å². The molecule has 1 aliphatic heterocycles. The second-order valence-electron chi connectivity index (χ2n) is 8.91. The Labute approximate surface area is 232 Å². The Bertz CT molecular complexity index is 1330. The molecule has 0 bridgehead atoms. The van der Waals surface area contributed by atoms with E-state index in [2.05, 4.69) is 41.4 Å². The molecule has 4 heterocycles. The number of nitrogens with one attached hydrogen (secondary N) is 3. The topological polar surface area (TPSA) is 156 Å². The zero-order valence-electron chi connectivity index (χ0n) is 21.3. The van der Waals surface area contributed by atoms with Gasteiger partial charge >= 0.3 is 0 Å². The lowest BCUT2D eigenvalue weighted by atomic mass is 10.1. The Kier molecular flexibility index (Phi) is 8.48. The summed E-state index contributed by atoms with van der Waals surface area (Å²) < 4.78 is 12.0. The summed E-state index contributed by atoms with van der Waals surface area (Å²) in [6.07, 6.45) is 6.34. The summed E-state index contributed by atoms with van der Waals surface area (Å²) in [6, 6.07) is 7.26. The Balaban J connectivity index is 1.06. The molecule has 1 fully saturated rings. The lowest BCUT2D eigenvalue weighted by Crippen LogP contribution is -2.34. The number of anilines is 1.